The van der Waals surface area contributed by atoms with Crippen LogP contribution in [0.15, 0.2) is 79.0 Å². The highest BCUT2D eigenvalue weighted by Crippen LogP contribution is 2.36. The van der Waals surface area contributed by atoms with Gasteiger partial charge in [-0.15, -0.1) is 0 Å². The van der Waals surface area contributed by atoms with Gasteiger partial charge in [0.15, 0.2) is 5.65 Å². The Morgan fingerprint density at radius 3 is 2.66 bits per heavy atom. The SMILES string of the molecule is CN(C(=O)c1cc(-c2ccccc2)nc2ncccc12)C1CCc2ccccc21. The summed E-state index contributed by atoms with van der Waals surface area (Å²) >= 11 is 0. The monoisotopic (exact) mass is 379 g/mol. The minimum absolute atomic E-state index is 0.00397. The van der Waals surface area contributed by atoms with Crippen LogP contribution in [0.2, 0.25) is 0 Å². The van der Waals surface area contributed by atoms with E-state index >= 15 is 0 Å². The van der Waals surface area contributed by atoms with Crippen LogP contribution in [-0.2, 0) is 6.42 Å². The topological polar surface area (TPSA) is 46.1 Å². The summed E-state index contributed by atoms with van der Waals surface area (Å²) in [6.45, 7) is 0. The van der Waals surface area contributed by atoms with Gasteiger partial charge < -0.3 is 4.90 Å². The highest BCUT2D eigenvalue weighted by atomic mass is 16.2. The molecule has 2 aromatic heterocycles. The second kappa shape index (κ2) is 7.13. The Morgan fingerprint density at radius 2 is 1.79 bits per heavy atom. The van der Waals surface area contributed by atoms with Crippen molar-refractivity contribution in [2.45, 2.75) is 18.9 Å². The molecule has 0 saturated carbocycles. The van der Waals surface area contributed by atoms with Gasteiger partial charge in [0.05, 0.1) is 17.3 Å². The van der Waals surface area contributed by atoms with Crippen molar-refractivity contribution in [3.63, 3.8) is 0 Å². The molecule has 0 radical (unpaired) electrons. The molecule has 0 aliphatic heterocycles. The molecule has 2 aromatic carbocycles. The van der Waals surface area contributed by atoms with Crippen LogP contribution in [0.25, 0.3) is 22.3 Å². The zero-order chi connectivity index (χ0) is 19.8. The summed E-state index contributed by atoms with van der Waals surface area (Å²) in [5.41, 5.74) is 5.57. The van der Waals surface area contributed by atoms with E-state index in [1.165, 1.54) is 11.1 Å². The third-order valence-electron chi connectivity index (χ3n) is 5.77. The van der Waals surface area contributed by atoms with Gasteiger partial charge in [0.25, 0.3) is 5.91 Å². The van der Waals surface area contributed by atoms with Crippen LogP contribution in [0.4, 0.5) is 0 Å². The highest BCUT2D eigenvalue weighted by Gasteiger charge is 2.30. The zero-order valence-electron chi connectivity index (χ0n) is 16.2. The van der Waals surface area contributed by atoms with Crippen LogP contribution in [0.1, 0.15) is 33.9 Å². The molecule has 1 aliphatic rings. The first-order chi connectivity index (χ1) is 14.2. The number of nitrogens with zero attached hydrogens (tertiary/aromatic N) is 3. The number of aryl methyl sites for hydroxylation is 1. The number of carbonyl (C=O) groups is 1. The molecule has 5 rings (SSSR count). The summed E-state index contributed by atoms with van der Waals surface area (Å²) in [6, 6.07) is 24.1. The Morgan fingerprint density at radius 1 is 1.00 bits per heavy atom. The number of rotatable bonds is 3. The van der Waals surface area contributed by atoms with Crippen molar-refractivity contribution < 1.29 is 4.79 Å². The molecule has 0 N–H and O–H groups in total. The van der Waals surface area contributed by atoms with Crippen molar-refractivity contribution in [1.29, 1.82) is 0 Å². The van der Waals surface area contributed by atoms with Gasteiger partial charge in [-0.1, -0.05) is 54.6 Å². The Labute approximate surface area is 169 Å². The van der Waals surface area contributed by atoms with E-state index in [2.05, 4.69) is 29.2 Å². The van der Waals surface area contributed by atoms with Crippen LogP contribution in [-0.4, -0.2) is 27.8 Å². The summed E-state index contributed by atoms with van der Waals surface area (Å²) in [6.07, 6.45) is 3.68. The normalized spacial score (nSPS) is 15.3. The quantitative estimate of drug-likeness (QED) is 0.500. The first kappa shape index (κ1) is 17.6. The molecule has 0 spiro atoms. The number of fused-ring (bicyclic) bond motifs is 2. The van der Waals surface area contributed by atoms with Gasteiger partial charge in [0, 0.05) is 24.2 Å². The van der Waals surface area contributed by atoms with E-state index in [0.717, 1.165) is 29.5 Å². The van der Waals surface area contributed by atoms with Gasteiger partial charge >= 0.3 is 0 Å². The van der Waals surface area contributed by atoms with Gasteiger partial charge in [-0.3, -0.25) is 4.79 Å². The van der Waals surface area contributed by atoms with E-state index in [4.69, 9.17) is 4.98 Å². The predicted molar refractivity (Wildman–Crippen MR) is 115 cm³/mol. The Balaban J connectivity index is 1.60. The van der Waals surface area contributed by atoms with Gasteiger partial charge in [-0.05, 0) is 42.2 Å². The highest BCUT2D eigenvalue weighted by molar-refractivity contribution is 6.06. The van der Waals surface area contributed by atoms with E-state index in [1.807, 2.05) is 60.5 Å². The first-order valence-corrected chi connectivity index (χ1v) is 9.88. The van der Waals surface area contributed by atoms with E-state index in [1.54, 1.807) is 6.20 Å². The summed E-state index contributed by atoms with van der Waals surface area (Å²) in [5.74, 6) is 0.00397. The molecule has 0 fully saturated rings. The van der Waals surface area contributed by atoms with Crippen molar-refractivity contribution >= 4 is 16.9 Å². The number of hydrogen-bond acceptors (Lipinski definition) is 3. The largest absolute Gasteiger partial charge is 0.335 e. The maximum absolute atomic E-state index is 13.6. The smallest absolute Gasteiger partial charge is 0.254 e. The third-order valence-corrected chi connectivity index (χ3v) is 5.77. The molecule has 1 aliphatic carbocycles. The molecule has 2 heterocycles. The average molecular weight is 379 g/mol. The summed E-state index contributed by atoms with van der Waals surface area (Å²) < 4.78 is 0. The number of benzene rings is 2. The second-order valence-corrected chi connectivity index (χ2v) is 7.46. The molecule has 4 aromatic rings. The summed E-state index contributed by atoms with van der Waals surface area (Å²) in [7, 11) is 1.90. The minimum atomic E-state index is 0.00397. The van der Waals surface area contributed by atoms with E-state index in [-0.39, 0.29) is 11.9 Å². The third kappa shape index (κ3) is 3.07. The fourth-order valence-corrected chi connectivity index (χ4v) is 4.26. The molecule has 29 heavy (non-hydrogen) atoms. The number of pyridine rings is 2. The zero-order valence-corrected chi connectivity index (χ0v) is 16.2. The first-order valence-electron chi connectivity index (χ1n) is 9.88. The molecule has 4 heteroatoms. The summed E-state index contributed by atoms with van der Waals surface area (Å²) in [4.78, 5) is 24.6. The summed E-state index contributed by atoms with van der Waals surface area (Å²) in [5, 5.41) is 0.787. The number of amides is 1. The molecular weight excluding hydrogens is 358 g/mol. The Kier molecular flexibility index (Phi) is 4.32. The molecule has 1 amide bonds. The van der Waals surface area contributed by atoms with E-state index in [9.17, 15) is 4.79 Å². The van der Waals surface area contributed by atoms with Crippen molar-refractivity contribution in [2.24, 2.45) is 0 Å². The van der Waals surface area contributed by atoms with E-state index in [0.29, 0.717) is 11.2 Å². The molecule has 0 saturated heterocycles. The number of carbonyl (C=O) groups excluding carboxylic acids is 1. The lowest BCUT2D eigenvalue weighted by molar-refractivity contribution is 0.0732. The van der Waals surface area contributed by atoms with Crippen molar-refractivity contribution in [3.05, 3.63) is 95.7 Å². The number of hydrogen-bond donors (Lipinski definition) is 0. The number of aromatic nitrogens is 2. The fraction of sp³-hybridized carbons (Fsp3) is 0.160. The molecule has 1 unspecified atom stereocenters. The predicted octanol–water partition coefficient (Wildman–Crippen LogP) is 5.06. The van der Waals surface area contributed by atoms with Gasteiger partial charge in [-0.2, -0.15) is 0 Å². The van der Waals surface area contributed by atoms with Crippen molar-refractivity contribution in [2.75, 3.05) is 7.05 Å². The van der Waals surface area contributed by atoms with Gasteiger partial charge in [0.1, 0.15) is 0 Å². The Bertz CT molecular complexity index is 1200. The lowest BCUT2D eigenvalue weighted by atomic mass is 10.0. The maximum Gasteiger partial charge on any atom is 0.254 e. The van der Waals surface area contributed by atoms with Gasteiger partial charge in [-0.25, -0.2) is 9.97 Å². The van der Waals surface area contributed by atoms with Gasteiger partial charge in [0.2, 0.25) is 0 Å². The molecular formula is C25H21N3O. The van der Waals surface area contributed by atoms with Crippen LogP contribution in [0.3, 0.4) is 0 Å². The average Bonchev–Trinajstić information content (AvgIpc) is 3.22. The second-order valence-electron chi connectivity index (χ2n) is 7.46. The van der Waals surface area contributed by atoms with Crippen LogP contribution >= 0.6 is 0 Å². The molecule has 4 nitrogen and oxygen atoms in total. The standard InChI is InChI=1S/C25H21N3O/c1-28(23-14-13-17-8-5-6-11-19(17)23)25(29)21-16-22(18-9-3-2-4-10-18)27-24-20(21)12-7-15-26-24/h2-12,15-16,23H,13-14H2,1H3. The maximum atomic E-state index is 13.6. The van der Waals surface area contributed by atoms with Crippen LogP contribution < -0.4 is 0 Å². The molecule has 142 valence electrons. The van der Waals surface area contributed by atoms with E-state index < -0.39 is 0 Å². The molecule has 1 atom stereocenters. The lowest BCUT2D eigenvalue weighted by Gasteiger charge is -2.26. The van der Waals surface area contributed by atoms with Crippen LogP contribution in [0, 0.1) is 0 Å². The van der Waals surface area contributed by atoms with Crippen molar-refractivity contribution in [1.82, 2.24) is 14.9 Å². The minimum Gasteiger partial charge on any atom is -0.335 e. The van der Waals surface area contributed by atoms with Crippen molar-refractivity contribution in [3.8, 4) is 11.3 Å². The molecule has 0 bridgehead atoms. The fourth-order valence-electron chi connectivity index (χ4n) is 4.26. The Hall–Kier alpha value is -3.53. The van der Waals surface area contributed by atoms with Crippen LogP contribution in [0.5, 0.6) is 0 Å². The lowest BCUT2D eigenvalue weighted by Crippen LogP contribution is -2.30.